The first-order chi connectivity index (χ1) is 14.6. The molecule has 0 radical (unpaired) electrons. The molecule has 3 rings (SSSR count). The lowest BCUT2D eigenvalue weighted by Crippen LogP contribution is -2.34. The van der Waals surface area contributed by atoms with Crippen molar-refractivity contribution in [1.29, 1.82) is 0 Å². The maximum atomic E-state index is 12.3. The smallest absolute Gasteiger partial charge is 0.306 e. The molecule has 0 fully saturated rings. The van der Waals surface area contributed by atoms with E-state index < -0.39 is 0 Å². The van der Waals surface area contributed by atoms with Crippen molar-refractivity contribution in [2.75, 3.05) is 26.8 Å². The van der Waals surface area contributed by atoms with Crippen molar-refractivity contribution >= 4 is 22.8 Å². The molecule has 1 aromatic heterocycles. The number of hydrogen-bond donors (Lipinski definition) is 1. The van der Waals surface area contributed by atoms with Crippen LogP contribution in [0.4, 0.5) is 0 Å². The molecular formula is C24H28N2O4. The van der Waals surface area contributed by atoms with E-state index in [1.807, 2.05) is 62.4 Å². The second-order valence-electron chi connectivity index (χ2n) is 6.98. The number of aryl methyl sites for hydroxylation is 1. The average molecular weight is 408 g/mol. The summed E-state index contributed by atoms with van der Waals surface area (Å²) in [6.07, 6.45) is 0.722. The molecule has 6 heteroatoms. The van der Waals surface area contributed by atoms with Crippen LogP contribution < -0.4 is 4.74 Å². The second-order valence-corrected chi connectivity index (χ2v) is 6.98. The number of nitrogens with zero attached hydrogens (tertiary/aromatic N) is 1. The molecule has 1 N–H and O–H groups in total. The van der Waals surface area contributed by atoms with E-state index in [4.69, 9.17) is 9.47 Å². The molecule has 0 saturated carbocycles. The van der Waals surface area contributed by atoms with Crippen molar-refractivity contribution < 1.29 is 19.1 Å². The van der Waals surface area contributed by atoms with Gasteiger partial charge in [-0.2, -0.15) is 0 Å². The highest BCUT2D eigenvalue weighted by Gasteiger charge is 2.17. The van der Waals surface area contributed by atoms with Crippen LogP contribution in [0.5, 0.6) is 5.75 Å². The summed E-state index contributed by atoms with van der Waals surface area (Å²) in [4.78, 5) is 29.4. The summed E-state index contributed by atoms with van der Waals surface area (Å²) in [5.74, 6) is 0.249. The van der Waals surface area contributed by atoms with Gasteiger partial charge in [0.25, 0.3) is 5.91 Å². The third-order valence-corrected chi connectivity index (χ3v) is 5.24. The first kappa shape index (κ1) is 21.4. The number of carbonyl (C=O) groups is 2. The third-order valence-electron chi connectivity index (χ3n) is 5.24. The van der Waals surface area contributed by atoms with Crippen molar-refractivity contribution in [2.45, 2.75) is 26.7 Å². The van der Waals surface area contributed by atoms with Gasteiger partial charge in [-0.25, -0.2) is 0 Å². The molecule has 1 amide bonds. The Bertz CT molecular complexity index is 1000. The van der Waals surface area contributed by atoms with Crippen LogP contribution in [-0.2, 0) is 20.7 Å². The molecule has 0 aliphatic rings. The first-order valence-corrected chi connectivity index (χ1v) is 10.2. The molecule has 0 spiro atoms. The SMILES string of the molecule is CCN(CC)C(=O)COC(=O)CCc1c(-c2ccc(OC)cc2)[nH]c2ccccc12. The van der Waals surface area contributed by atoms with Crippen molar-refractivity contribution in [3.63, 3.8) is 0 Å². The number of benzene rings is 2. The predicted octanol–water partition coefficient (Wildman–Crippen LogP) is 4.19. The Hall–Kier alpha value is -3.28. The summed E-state index contributed by atoms with van der Waals surface area (Å²) in [6.45, 7) is 4.81. The van der Waals surface area contributed by atoms with Gasteiger partial charge in [0.05, 0.1) is 7.11 Å². The molecular weight excluding hydrogens is 380 g/mol. The molecule has 0 aliphatic carbocycles. The van der Waals surface area contributed by atoms with Gasteiger partial charge >= 0.3 is 5.97 Å². The molecule has 3 aromatic rings. The van der Waals surface area contributed by atoms with Gasteiger partial charge < -0.3 is 19.4 Å². The molecule has 0 atom stereocenters. The topological polar surface area (TPSA) is 71.6 Å². The Kier molecular flexibility index (Phi) is 7.12. The Labute approximate surface area is 176 Å². The Balaban J connectivity index is 1.75. The zero-order valence-corrected chi connectivity index (χ0v) is 17.7. The Morgan fingerprint density at radius 1 is 1.00 bits per heavy atom. The van der Waals surface area contributed by atoms with E-state index in [1.165, 1.54) is 0 Å². The number of aromatic nitrogens is 1. The van der Waals surface area contributed by atoms with E-state index in [2.05, 4.69) is 4.98 Å². The molecule has 158 valence electrons. The van der Waals surface area contributed by atoms with Crippen LogP contribution in [0.15, 0.2) is 48.5 Å². The van der Waals surface area contributed by atoms with E-state index in [9.17, 15) is 9.59 Å². The number of aromatic amines is 1. The number of carbonyl (C=O) groups excluding carboxylic acids is 2. The minimum atomic E-state index is -0.374. The minimum Gasteiger partial charge on any atom is -0.497 e. The fourth-order valence-electron chi connectivity index (χ4n) is 3.57. The highest BCUT2D eigenvalue weighted by Crippen LogP contribution is 2.32. The number of hydrogen-bond acceptors (Lipinski definition) is 4. The van der Waals surface area contributed by atoms with Crippen LogP contribution in [0.1, 0.15) is 25.8 Å². The molecule has 0 bridgehead atoms. The van der Waals surface area contributed by atoms with E-state index in [1.54, 1.807) is 12.0 Å². The van der Waals surface area contributed by atoms with Crippen LogP contribution in [0.25, 0.3) is 22.2 Å². The fourth-order valence-corrected chi connectivity index (χ4v) is 3.57. The molecule has 0 aliphatic heterocycles. The quantitative estimate of drug-likeness (QED) is 0.539. The molecule has 0 saturated heterocycles. The summed E-state index contributed by atoms with van der Waals surface area (Å²) < 4.78 is 10.5. The van der Waals surface area contributed by atoms with Crippen molar-refractivity contribution in [2.24, 2.45) is 0 Å². The lowest BCUT2D eigenvalue weighted by Gasteiger charge is -2.18. The van der Waals surface area contributed by atoms with Gasteiger partial charge in [-0.05, 0) is 61.7 Å². The van der Waals surface area contributed by atoms with Crippen LogP contribution in [0.2, 0.25) is 0 Å². The van der Waals surface area contributed by atoms with Gasteiger partial charge in [0, 0.05) is 36.1 Å². The second kappa shape index (κ2) is 9.96. The number of esters is 1. The monoisotopic (exact) mass is 408 g/mol. The summed E-state index contributed by atoms with van der Waals surface area (Å²) >= 11 is 0. The van der Waals surface area contributed by atoms with Crippen LogP contribution in [0, 0.1) is 0 Å². The number of likely N-dealkylation sites (N-methyl/N-ethyl adjacent to an activating group) is 1. The summed E-state index contributed by atoms with van der Waals surface area (Å²) in [7, 11) is 1.64. The van der Waals surface area contributed by atoms with E-state index in [0.717, 1.165) is 33.5 Å². The van der Waals surface area contributed by atoms with E-state index in [0.29, 0.717) is 19.5 Å². The minimum absolute atomic E-state index is 0.167. The first-order valence-electron chi connectivity index (χ1n) is 10.2. The zero-order valence-electron chi connectivity index (χ0n) is 17.7. The third kappa shape index (κ3) is 4.82. The zero-order chi connectivity index (χ0) is 21.5. The van der Waals surface area contributed by atoms with Gasteiger partial charge in [-0.1, -0.05) is 18.2 Å². The highest BCUT2D eigenvalue weighted by molar-refractivity contribution is 5.91. The standard InChI is InChI=1S/C24H28N2O4/c1-4-26(5-2)22(27)16-30-23(28)15-14-20-19-8-6-7-9-21(19)25-24(20)17-10-12-18(29-3)13-11-17/h6-13,25H,4-5,14-16H2,1-3H3. The number of methoxy groups -OCH3 is 1. The largest absolute Gasteiger partial charge is 0.497 e. The number of nitrogens with one attached hydrogen (secondary N) is 1. The molecule has 30 heavy (non-hydrogen) atoms. The maximum Gasteiger partial charge on any atom is 0.306 e. The van der Waals surface area contributed by atoms with Crippen LogP contribution in [0.3, 0.4) is 0 Å². The van der Waals surface area contributed by atoms with Crippen molar-refractivity contribution in [1.82, 2.24) is 9.88 Å². The summed E-state index contributed by atoms with van der Waals surface area (Å²) in [5, 5.41) is 1.08. The number of H-pyrrole nitrogens is 1. The highest BCUT2D eigenvalue weighted by atomic mass is 16.5. The van der Waals surface area contributed by atoms with Gasteiger partial charge in [-0.15, -0.1) is 0 Å². The molecule has 0 unspecified atom stereocenters. The Morgan fingerprint density at radius 3 is 2.37 bits per heavy atom. The fraction of sp³-hybridized carbons (Fsp3) is 0.333. The lowest BCUT2D eigenvalue weighted by atomic mass is 10.0. The van der Waals surface area contributed by atoms with Crippen molar-refractivity contribution in [3.8, 4) is 17.0 Å². The van der Waals surface area contributed by atoms with Crippen LogP contribution in [-0.4, -0.2) is 48.6 Å². The maximum absolute atomic E-state index is 12.3. The van der Waals surface area contributed by atoms with Gasteiger partial charge in [-0.3, -0.25) is 9.59 Å². The number of ether oxygens (including phenoxy) is 2. The number of amides is 1. The van der Waals surface area contributed by atoms with Gasteiger partial charge in [0.15, 0.2) is 6.61 Å². The van der Waals surface area contributed by atoms with Gasteiger partial charge in [0.2, 0.25) is 0 Å². The summed E-state index contributed by atoms with van der Waals surface area (Å²) in [5.41, 5.74) is 4.07. The van der Waals surface area contributed by atoms with E-state index in [-0.39, 0.29) is 24.9 Å². The van der Waals surface area contributed by atoms with Crippen LogP contribution >= 0.6 is 0 Å². The number of fused-ring (bicyclic) bond motifs is 1. The predicted molar refractivity (Wildman–Crippen MR) is 117 cm³/mol. The average Bonchev–Trinajstić information content (AvgIpc) is 3.15. The molecule has 2 aromatic carbocycles. The molecule has 1 heterocycles. The summed E-state index contributed by atoms with van der Waals surface area (Å²) in [6, 6.07) is 15.8. The van der Waals surface area contributed by atoms with Crippen molar-refractivity contribution in [3.05, 3.63) is 54.1 Å². The number of para-hydroxylation sites is 1. The van der Waals surface area contributed by atoms with Gasteiger partial charge in [0.1, 0.15) is 5.75 Å². The lowest BCUT2D eigenvalue weighted by molar-refractivity contribution is -0.151. The Morgan fingerprint density at radius 2 is 1.70 bits per heavy atom. The number of rotatable bonds is 9. The van der Waals surface area contributed by atoms with E-state index >= 15 is 0 Å². The normalized spacial score (nSPS) is 10.8. The molecule has 6 nitrogen and oxygen atoms in total.